The highest BCUT2D eigenvalue weighted by atomic mass is 16.5. The average molecular weight is 282 g/mol. The van der Waals surface area contributed by atoms with E-state index in [1.807, 2.05) is 0 Å². The van der Waals surface area contributed by atoms with Crippen molar-refractivity contribution in [3.05, 3.63) is 69.8 Å². The number of benzene rings is 2. The maximum Gasteiger partial charge on any atom is 0.0810 e. The first-order valence-electron chi connectivity index (χ1n) is 7.69. The fraction of sp³-hybridized carbons (Fsp3) is 0.400. The van der Waals surface area contributed by atoms with Crippen LogP contribution in [0, 0.1) is 27.7 Å². The zero-order valence-electron chi connectivity index (χ0n) is 14.0. The lowest BCUT2D eigenvalue weighted by Gasteiger charge is -2.25. The highest BCUT2D eigenvalue weighted by molar-refractivity contribution is 5.37. The van der Waals surface area contributed by atoms with Gasteiger partial charge in [-0.1, -0.05) is 36.4 Å². The first-order chi connectivity index (χ1) is 9.91. The van der Waals surface area contributed by atoms with E-state index in [2.05, 4.69) is 77.9 Å². The van der Waals surface area contributed by atoms with Gasteiger partial charge in [-0.05, 0) is 74.9 Å². The molecule has 0 aliphatic carbocycles. The normalized spacial score (nSPS) is 14.0. The van der Waals surface area contributed by atoms with E-state index in [1.54, 1.807) is 0 Å². The van der Waals surface area contributed by atoms with Crippen LogP contribution in [0.2, 0.25) is 0 Å². The molecule has 0 aliphatic rings. The molecule has 112 valence electrons. The molecule has 0 aliphatic heterocycles. The van der Waals surface area contributed by atoms with Crippen molar-refractivity contribution in [3.63, 3.8) is 0 Å². The van der Waals surface area contributed by atoms with Gasteiger partial charge in [-0.25, -0.2) is 0 Å². The fourth-order valence-corrected chi connectivity index (χ4v) is 3.38. The molecule has 0 heterocycles. The predicted molar refractivity (Wildman–Crippen MR) is 89.7 cm³/mol. The van der Waals surface area contributed by atoms with Crippen LogP contribution in [-0.4, -0.2) is 0 Å². The quantitative estimate of drug-likeness (QED) is 0.692. The molecule has 0 bridgehead atoms. The molecular formula is C20H26O. The number of ether oxygens (including phenoxy) is 1. The smallest absolute Gasteiger partial charge is 0.0810 e. The van der Waals surface area contributed by atoms with Gasteiger partial charge in [-0.2, -0.15) is 0 Å². The van der Waals surface area contributed by atoms with Crippen LogP contribution in [0.25, 0.3) is 0 Å². The number of hydrogen-bond acceptors (Lipinski definition) is 1. The number of hydrogen-bond donors (Lipinski definition) is 0. The molecule has 2 aromatic carbocycles. The zero-order chi connectivity index (χ0) is 15.6. The summed E-state index contributed by atoms with van der Waals surface area (Å²) in [4.78, 5) is 0. The van der Waals surface area contributed by atoms with E-state index in [-0.39, 0.29) is 12.2 Å². The fourth-order valence-electron chi connectivity index (χ4n) is 3.38. The summed E-state index contributed by atoms with van der Waals surface area (Å²) in [5, 5.41) is 0. The van der Waals surface area contributed by atoms with Gasteiger partial charge in [0.2, 0.25) is 0 Å². The second kappa shape index (κ2) is 6.44. The third-order valence-corrected chi connectivity index (χ3v) is 4.31. The molecule has 2 atom stereocenters. The minimum absolute atomic E-state index is 0.0974. The Bertz CT molecular complexity index is 532. The van der Waals surface area contributed by atoms with Crippen molar-refractivity contribution in [2.24, 2.45) is 0 Å². The summed E-state index contributed by atoms with van der Waals surface area (Å²) in [6.45, 7) is 12.9. The summed E-state index contributed by atoms with van der Waals surface area (Å²) in [6.07, 6.45) is 0.195. The Balaban J connectivity index is 2.25. The van der Waals surface area contributed by atoms with Crippen LogP contribution in [0.5, 0.6) is 0 Å². The van der Waals surface area contributed by atoms with Gasteiger partial charge in [0.05, 0.1) is 12.2 Å². The molecule has 0 radical (unpaired) electrons. The van der Waals surface area contributed by atoms with Gasteiger partial charge >= 0.3 is 0 Å². The first-order valence-corrected chi connectivity index (χ1v) is 7.69. The van der Waals surface area contributed by atoms with Crippen molar-refractivity contribution in [3.8, 4) is 0 Å². The Morgan fingerprint density at radius 1 is 0.619 bits per heavy atom. The second-order valence-corrected chi connectivity index (χ2v) is 6.03. The van der Waals surface area contributed by atoms with Crippen LogP contribution >= 0.6 is 0 Å². The van der Waals surface area contributed by atoms with Crippen molar-refractivity contribution in [1.82, 2.24) is 0 Å². The number of rotatable bonds is 4. The molecule has 0 spiro atoms. The Kier molecular flexibility index (Phi) is 4.84. The molecule has 0 fully saturated rings. The summed E-state index contributed by atoms with van der Waals surface area (Å²) in [5.41, 5.74) is 7.84. The van der Waals surface area contributed by atoms with E-state index in [4.69, 9.17) is 4.74 Å². The molecule has 2 aromatic rings. The van der Waals surface area contributed by atoms with E-state index < -0.39 is 0 Å². The van der Waals surface area contributed by atoms with Gasteiger partial charge in [0.15, 0.2) is 0 Å². The van der Waals surface area contributed by atoms with Gasteiger partial charge in [-0.15, -0.1) is 0 Å². The molecule has 2 unspecified atom stereocenters. The molecule has 2 rings (SSSR count). The standard InChI is InChI=1S/C20H26O/c1-13-9-7-10-14(2)19(13)17(5)21-18(6)20-15(3)11-8-12-16(20)4/h7-12,17-18H,1-6H3. The maximum atomic E-state index is 6.35. The summed E-state index contributed by atoms with van der Waals surface area (Å²) < 4.78 is 6.35. The van der Waals surface area contributed by atoms with Crippen LogP contribution in [0.15, 0.2) is 36.4 Å². The third-order valence-electron chi connectivity index (χ3n) is 4.31. The summed E-state index contributed by atoms with van der Waals surface area (Å²) in [6, 6.07) is 12.8. The van der Waals surface area contributed by atoms with E-state index in [1.165, 1.54) is 33.4 Å². The largest absolute Gasteiger partial charge is 0.366 e. The van der Waals surface area contributed by atoms with Gasteiger partial charge in [0.25, 0.3) is 0 Å². The van der Waals surface area contributed by atoms with E-state index in [0.717, 1.165) is 0 Å². The Labute approximate surface area is 129 Å². The molecule has 0 aromatic heterocycles. The highest BCUT2D eigenvalue weighted by Crippen LogP contribution is 2.32. The second-order valence-electron chi connectivity index (χ2n) is 6.03. The molecule has 0 saturated carbocycles. The predicted octanol–water partition coefficient (Wildman–Crippen LogP) is 5.76. The molecule has 0 amide bonds. The lowest BCUT2D eigenvalue weighted by atomic mass is 9.97. The molecule has 1 nitrogen and oxygen atoms in total. The van der Waals surface area contributed by atoms with Crippen molar-refractivity contribution < 1.29 is 4.74 Å². The monoisotopic (exact) mass is 282 g/mol. The highest BCUT2D eigenvalue weighted by Gasteiger charge is 2.18. The molecule has 21 heavy (non-hydrogen) atoms. The minimum atomic E-state index is 0.0974. The lowest BCUT2D eigenvalue weighted by Crippen LogP contribution is -2.10. The van der Waals surface area contributed by atoms with Crippen LogP contribution in [0.3, 0.4) is 0 Å². The topological polar surface area (TPSA) is 9.23 Å². The molecule has 0 saturated heterocycles. The van der Waals surface area contributed by atoms with Gasteiger partial charge in [-0.3, -0.25) is 0 Å². The molecule has 1 heteroatoms. The van der Waals surface area contributed by atoms with Crippen molar-refractivity contribution >= 4 is 0 Å². The van der Waals surface area contributed by atoms with Crippen LogP contribution < -0.4 is 0 Å². The summed E-state index contributed by atoms with van der Waals surface area (Å²) in [7, 11) is 0. The summed E-state index contributed by atoms with van der Waals surface area (Å²) >= 11 is 0. The molecular weight excluding hydrogens is 256 g/mol. The van der Waals surface area contributed by atoms with Gasteiger partial charge < -0.3 is 4.74 Å². The number of aryl methyl sites for hydroxylation is 4. The van der Waals surface area contributed by atoms with Crippen molar-refractivity contribution in [2.45, 2.75) is 53.8 Å². The lowest BCUT2D eigenvalue weighted by molar-refractivity contribution is 0.00461. The first kappa shape index (κ1) is 15.8. The minimum Gasteiger partial charge on any atom is -0.366 e. The average Bonchev–Trinajstić information content (AvgIpc) is 2.38. The van der Waals surface area contributed by atoms with Crippen LogP contribution in [0.1, 0.15) is 59.4 Å². The molecule has 0 N–H and O–H groups in total. The Morgan fingerprint density at radius 3 is 1.19 bits per heavy atom. The Hall–Kier alpha value is -1.60. The maximum absolute atomic E-state index is 6.35. The summed E-state index contributed by atoms with van der Waals surface area (Å²) in [5.74, 6) is 0. The zero-order valence-corrected chi connectivity index (χ0v) is 14.0. The van der Waals surface area contributed by atoms with E-state index >= 15 is 0 Å². The Morgan fingerprint density at radius 2 is 0.905 bits per heavy atom. The van der Waals surface area contributed by atoms with Gasteiger partial charge in [0, 0.05) is 0 Å². The van der Waals surface area contributed by atoms with E-state index in [9.17, 15) is 0 Å². The van der Waals surface area contributed by atoms with E-state index in [0.29, 0.717) is 0 Å². The van der Waals surface area contributed by atoms with Crippen molar-refractivity contribution in [1.29, 1.82) is 0 Å². The van der Waals surface area contributed by atoms with Crippen LogP contribution in [0.4, 0.5) is 0 Å². The van der Waals surface area contributed by atoms with Crippen molar-refractivity contribution in [2.75, 3.05) is 0 Å². The van der Waals surface area contributed by atoms with Crippen LogP contribution in [-0.2, 0) is 4.74 Å². The van der Waals surface area contributed by atoms with Gasteiger partial charge in [0.1, 0.15) is 0 Å². The third kappa shape index (κ3) is 3.36. The SMILES string of the molecule is Cc1cccc(C)c1C(C)OC(C)c1c(C)cccc1C.